The highest BCUT2D eigenvalue weighted by Gasteiger charge is 2.37. The Labute approximate surface area is 118 Å². The zero-order valence-electron chi connectivity index (χ0n) is 11.2. The Bertz CT molecular complexity index is 599. The number of para-hydroxylation sites is 1. The van der Waals surface area contributed by atoms with Crippen LogP contribution in [0.2, 0.25) is 0 Å². The van der Waals surface area contributed by atoms with Gasteiger partial charge < -0.3 is 14.8 Å². The van der Waals surface area contributed by atoms with Gasteiger partial charge in [-0.15, -0.1) is 0 Å². The molecule has 2 aliphatic rings. The third-order valence-corrected chi connectivity index (χ3v) is 4.06. The topological polar surface area (TPSA) is 30.5 Å². The van der Waals surface area contributed by atoms with Crippen molar-refractivity contribution in [3.63, 3.8) is 0 Å². The van der Waals surface area contributed by atoms with E-state index in [1.807, 2.05) is 24.3 Å². The molecule has 1 N–H and O–H groups in total. The number of hydrogen-bond acceptors (Lipinski definition) is 3. The van der Waals surface area contributed by atoms with Crippen molar-refractivity contribution in [1.29, 1.82) is 0 Å². The van der Waals surface area contributed by atoms with E-state index in [1.165, 1.54) is 5.56 Å². The maximum Gasteiger partial charge on any atom is 0.125 e. The first-order chi connectivity index (χ1) is 9.92. The number of nitrogens with one attached hydrogen (secondary N) is 1. The number of morpholine rings is 1. The van der Waals surface area contributed by atoms with Crippen LogP contribution >= 0.6 is 0 Å². The third kappa shape index (κ3) is 1.99. The van der Waals surface area contributed by atoms with E-state index in [-0.39, 0.29) is 18.2 Å². The van der Waals surface area contributed by atoms with Gasteiger partial charge >= 0.3 is 0 Å². The Morgan fingerprint density at radius 2 is 1.75 bits per heavy atom. The lowest BCUT2D eigenvalue weighted by Gasteiger charge is -2.41. The molecule has 2 aromatic carbocycles. The molecule has 3 heteroatoms. The van der Waals surface area contributed by atoms with Gasteiger partial charge in [0.2, 0.25) is 0 Å². The molecule has 0 amide bonds. The van der Waals surface area contributed by atoms with E-state index in [4.69, 9.17) is 9.47 Å². The third-order valence-electron chi connectivity index (χ3n) is 4.06. The average Bonchev–Trinajstić information content (AvgIpc) is 2.55. The van der Waals surface area contributed by atoms with Crippen LogP contribution in [0.1, 0.15) is 23.3 Å². The van der Waals surface area contributed by atoms with Crippen molar-refractivity contribution in [2.24, 2.45) is 0 Å². The molecule has 3 nitrogen and oxygen atoms in total. The zero-order valence-corrected chi connectivity index (χ0v) is 11.2. The van der Waals surface area contributed by atoms with E-state index < -0.39 is 0 Å². The van der Waals surface area contributed by atoms with Crippen LogP contribution in [0, 0.1) is 0 Å². The summed E-state index contributed by atoms with van der Waals surface area (Å²) in [5.41, 5.74) is 2.37. The van der Waals surface area contributed by atoms with Crippen molar-refractivity contribution in [2.45, 2.75) is 18.2 Å². The number of fused-ring (bicyclic) bond motifs is 3. The molecule has 1 saturated heterocycles. The molecule has 0 saturated carbocycles. The maximum atomic E-state index is 6.36. The zero-order chi connectivity index (χ0) is 13.4. The van der Waals surface area contributed by atoms with E-state index in [2.05, 4.69) is 35.6 Å². The summed E-state index contributed by atoms with van der Waals surface area (Å²) in [6.45, 7) is 1.50. The fourth-order valence-electron chi connectivity index (χ4n) is 3.01. The monoisotopic (exact) mass is 267 g/mol. The molecule has 0 aliphatic carbocycles. The molecule has 2 aromatic rings. The van der Waals surface area contributed by atoms with Crippen LogP contribution in [0.25, 0.3) is 0 Å². The quantitative estimate of drug-likeness (QED) is 0.862. The molecule has 0 aromatic heterocycles. The first-order valence-electron chi connectivity index (χ1n) is 7.07. The standard InChI is InChI=1S/C17H17NO2/c1-2-6-12(7-3-1)16-10-18-14-11-19-15-9-5-4-8-13(15)17(14)20-16/h1-9,14,16-18H,10-11H2. The van der Waals surface area contributed by atoms with Gasteiger partial charge in [-0.2, -0.15) is 0 Å². The second-order valence-corrected chi connectivity index (χ2v) is 5.32. The van der Waals surface area contributed by atoms with Gasteiger partial charge in [-0.25, -0.2) is 0 Å². The minimum Gasteiger partial charge on any atom is -0.491 e. The van der Waals surface area contributed by atoms with Crippen LogP contribution in [0.4, 0.5) is 0 Å². The van der Waals surface area contributed by atoms with Crippen molar-refractivity contribution in [2.75, 3.05) is 13.2 Å². The Morgan fingerprint density at radius 1 is 0.950 bits per heavy atom. The normalized spacial score (nSPS) is 28.1. The van der Waals surface area contributed by atoms with Crippen LogP contribution in [0.15, 0.2) is 54.6 Å². The smallest absolute Gasteiger partial charge is 0.125 e. The Hall–Kier alpha value is -1.84. The summed E-state index contributed by atoms with van der Waals surface area (Å²) in [5.74, 6) is 0.948. The lowest BCUT2D eigenvalue weighted by molar-refractivity contribution is -0.0844. The molecule has 0 radical (unpaired) electrons. The number of benzene rings is 2. The Kier molecular flexibility index (Phi) is 2.94. The van der Waals surface area contributed by atoms with Gasteiger partial charge in [0.1, 0.15) is 18.5 Å². The Morgan fingerprint density at radius 3 is 2.65 bits per heavy atom. The summed E-state index contributed by atoms with van der Waals surface area (Å²) < 4.78 is 12.2. The van der Waals surface area contributed by atoms with E-state index in [0.717, 1.165) is 17.9 Å². The molecule has 3 unspecified atom stereocenters. The van der Waals surface area contributed by atoms with Gasteiger partial charge in [-0.05, 0) is 11.6 Å². The number of ether oxygens (including phenoxy) is 2. The highest BCUT2D eigenvalue weighted by atomic mass is 16.5. The second-order valence-electron chi connectivity index (χ2n) is 5.32. The highest BCUT2D eigenvalue weighted by molar-refractivity contribution is 5.38. The summed E-state index contributed by atoms with van der Waals surface area (Å²) in [5, 5.41) is 3.56. The van der Waals surface area contributed by atoms with Crippen molar-refractivity contribution < 1.29 is 9.47 Å². The molecule has 20 heavy (non-hydrogen) atoms. The van der Waals surface area contributed by atoms with E-state index in [9.17, 15) is 0 Å². The van der Waals surface area contributed by atoms with Crippen LogP contribution in [-0.2, 0) is 4.74 Å². The molecule has 102 valence electrons. The molecular formula is C17H17NO2. The maximum absolute atomic E-state index is 6.36. The van der Waals surface area contributed by atoms with E-state index in [1.54, 1.807) is 0 Å². The summed E-state index contributed by atoms with van der Waals surface area (Å²) in [7, 11) is 0. The summed E-state index contributed by atoms with van der Waals surface area (Å²) in [6.07, 6.45) is 0.169. The molecule has 0 spiro atoms. The van der Waals surface area contributed by atoms with Gasteiger partial charge in [0.15, 0.2) is 0 Å². The van der Waals surface area contributed by atoms with Crippen molar-refractivity contribution in [3.8, 4) is 5.75 Å². The van der Waals surface area contributed by atoms with Crippen molar-refractivity contribution >= 4 is 0 Å². The fourth-order valence-corrected chi connectivity index (χ4v) is 3.01. The predicted molar refractivity (Wildman–Crippen MR) is 76.7 cm³/mol. The first kappa shape index (κ1) is 11.9. The van der Waals surface area contributed by atoms with Gasteiger partial charge in [-0.3, -0.25) is 0 Å². The minimum absolute atomic E-state index is 0.0684. The summed E-state index contributed by atoms with van der Waals surface area (Å²) in [6, 6.07) is 18.8. The SMILES string of the molecule is c1ccc(C2CNC3COc4ccccc4C3O2)cc1. The van der Waals surface area contributed by atoms with Gasteiger partial charge in [0.05, 0.1) is 12.1 Å². The average molecular weight is 267 g/mol. The molecule has 2 heterocycles. The molecule has 3 atom stereocenters. The van der Waals surface area contributed by atoms with E-state index >= 15 is 0 Å². The van der Waals surface area contributed by atoms with Gasteiger partial charge in [-0.1, -0.05) is 48.5 Å². The molecule has 4 rings (SSSR count). The first-order valence-corrected chi connectivity index (χ1v) is 7.07. The lowest BCUT2D eigenvalue weighted by Crippen LogP contribution is -2.50. The van der Waals surface area contributed by atoms with Crippen LogP contribution < -0.4 is 10.1 Å². The minimum atomic E-state index is 0.0684. The van der Waals surface area contributed by atoms with Crippen LogP contribution in [0.5, 0.6) is 5.75 Å². The lowest BCUT2D eigenvalue weighted by atomic mass is 9.95. The van der Waals surface area contributed by atoms with Gasteiger partial charge in [0.25, 0.3) is 0 Å². The molecule has 0 bridgehead atoms. The van der Waals surface area contributed by atoms with Crippen molar-refractivity contribution in [1.82, 2.24) is 5.32 Å². The number of hydrogen-bond donors (Lipinski definition) is 1. The number of rotatable bonds is 1. The molecular weight excluding hydrogens is 250 g/mol. The molecule has 2 aliphatic heterocycles. The predicted octanol–water partition coefficient (Wildman–Crippen LogP) is 2.85. The Balaban J connectivity index is 1.64. The summed E-state index contributed by atoms with van der Waals surface area (Å²) >= 11 is 0. The summed E-state index contributed by atoms with van der Waals surface area (Å²) in [4.78, 5) is 0. The molecule has 1 fully saturated rings. The highest BCUT2D eigenvalue weighted by Crippen LogP contribution is 2.39. The van der Waals surface area contributed by atoms with Gasteiger partial charge in [0, 0.05) is 12.1 Å². The fraction of sp³-hybridized carbons (Fsp3) is 0.294. The van der Waals surface area contributed by atoms with Crippen LogP contribution in [-0.4, -0.2) is 19.2 Å². The second kappa shape index (κ2) is 4.93. The largest absolute Gasteiger partial charge is 0.491 e. The van der Waals surface area contributed by atoms with E-state index in [0.29, 0.717) is 6.61 Å². The van der Waals surface area contributed by atoms with Crippen molar-refractivity contribution in [3.05, 3.63) is 65.7 Å². The van der Waals surface area contributed by atoms with Crippen LogP contribution in [0.3, 0.4) is 0 Å².